The van der Waals surface area contributed by atoms with Gasteiger partial charge in [-0.3, -0.25) is 22.9 Å². The quantitative estimate of drug-likeness (QED) is 0.428. The summed E-state index contributed by atoms with van der Waals surface area (Å²) >= 11 is 0. The summed E-state index contributed by atoms with van der Waals surface area (Å²) in [5.74, 6) is 0.612. The van der Waals surface area contributed by atoms with Crippen molar-refractivity contribution in [1.29, 1.82) is 0 Å². The molecule has 0 saturated carbocycles. The highest BCUT2D eigenvalue weighted by Crippen LogP contribution is 2.24. The van der Waals surface area contributed by atoms with E-state index in [0.717, 1.165) is 28.1 Å². The summed E-state index contributed by atoms with van der Waals surface area (Å²) in [7, 11) is 1.66. The average Bonchev–Trinajstić information content (AvgIpc) is 3.31. The normalized spacial score (nSPS) is 11.9. The van der Waals surface area contributed by atoms with Gasteiger partial charge in [-0.15, -0.1) is 0 Å². The lowest BCUT2D eigenvalue weighted by atomic mass is 10.1. The molecule has 7 heteroatoms. The van der Waals surface area contributed by atoms with Crippen molar-refractivity contribution < 1.29 is 0 Å². The van der Waals surface area contributed by atoms with Crippen molar-refractivity contribution in [1.82, 2.24) is 23.1 Å². The van der Waals surface area contributed by atoms with Gasteiger partial charge in [0.25, 0.3) is 5.56 Å². The van der Waals surface area contributed by atoms with Crippen molar-refractivity contribution in [2.75, 3.05) is 0 Å². The summed E-state index contributed by atoms with van der Waals surface area (Å²) in [6, 6.07) is 16.0. The minimum atomic E-state index is -0.388. The van der Waals surface area contributed by atoms with Crippen LogP contribution in [0.4, 0.5) is 0 Å². The van der Waals surface area contributed by atoms with Crippen LogP contribution < -0.4 is 11.2 Å². The Bertz CT molecular complexity index is 1660. The van der Waals surface area contributed by atoms with Crippen LogP contribution in [-0.2, 0) is 13.6 Å². The summed E-state index contributed by atoms with van der Waals surface area (Å²) < 4.78 is 6.53. The van der Waals surface area contributed by atoms with Gasteiger partial charge in [0, 0.05) is 25.5 Å². The number of hydrogen-bond acceptors (Lipinski definition) is 3. The highest BCUT2D eigenvalue weighted by Gasteiger charge is 2.21. The molecule has 3 heterocycles. The third kappa shape index (κ3) is 3.33. The molecule has 0 aliphatic rings. The molecule has 33 heavy (non-hydrogen) atoms. The fourth-order valence-electron chi connectivity index (χ4n) is 4.29. The maximum absolute atomic E-state index is 13.4. The number of nitrogens with zero attached hydrogens (tertiary/aromatic N) is 5. The Labute approximate surface area is 190 Å². The number of imidazole rings is 2. The molecule has 5 rings (SSSR count). The zero-order chi connectivity index (χ0) is 23.3. The molecule has 3 aromatic heterocycles. The zero-order valence-electron chi connectivity index (χ0n) is 19.1. The maximum Gasteiger partial charge on any atom is 0.332 e. The average molecular weight is 440 g/mol. The van der Waals surface area contributed by atoms with Gasteiger partial charge in [0.05, 0.1) is 5.69 Å². The second-order valence-corrected chi connectivity index (χ2v) is 8.42. The van der Waals surface area contributed by atoms with E-state index in [1.807, 2.05) is 67.1 Å². The van der Waals surface area contributed by atoms with Crippen LogP contribution in [0.15, 0.2) is 70.4 Å². The van der Waals surface area contributed by atoms with Crippen LogP contribution in [-0.4, -0.2) is 23.1 Å². The topological polar surface area (TPSA) is 66.2 Å². The van der Waals surface area contributed by atoms with Crippen molar-refractivity contribution in [3.63, 3.8) is 0 Å². The van der Waals surface area contributed by atoms with Crippen LogP contribution in [0.25, 0.3) is 28.7 Å². The van der Waals surface area contributed by atoms with Crippen LogP contribution in [0, 0.1) is 20.8 Å². The van der Waals surface area contributed by atoms with Crippen LogP contribution in [0.3, 0.4) is 0 Å². The van der Waals surface area contributed by atoms with E-state index in [4.69, 9.17) is 4.98 Å². The molecule has 0 aliphatic heterocycles. The molecule has 166 valence electrons. The van der Waals surface area contributed by atoms with Crippen LogP contribution >= 0.6 is 0 Å². The van der Waals surface area contributed by atoms with Gasteiger partial charge in [0.15, 0.2) is 11.2 Å². The van der Waals surface area contributed by atoms with Crippen LogP contribution in [0.2, 0.25) is 0 Å². The molecule has 0 radical (unpaired) electrons. The molecule has 5 aromatic rings. The van der Waals surface area contributed by atoms with Crippen molar-refractivity contribution in [3.8, 4) is 5.69 Å². The molecule has 0 bridgehead atoms. The molecule has 0 aliphatic carbocycles. The number of allylic oxidation sites excluding steroid dienone is 1. The molecule has 0 fully saturated rings. The van der Waals surface area contributed by atoms with Crippen molar-refractivity contribution in [3.05, 3.63) is 104 Å². The van der Waals surface area contributed by atoms with Crippen molar-refractivity contribution in [2.45, 2.75) is 27.3 Å². The van der Waals surface area contributed by atoms with E-state index in [1.54, 1.807) is 11.4 Å². The number of hydrogen-bond donors (Lipinski definition) is 0. The van der Waals surface area contributed by atoms with Crippen molar-refractivity contribution >= 4 is 23.0 Å². The van der Waals surface area contributed by atoms with Gasteiger partial charge in [-0.2, -0.15) is 4.98 Å². The largest absolute Gasteiger partial charge is 0.332 e. The molecule has 0 unspecified atom stereocenters. The number of aromatic nitrogens is 5. The Morgan fingerprint density at radius 3 is 2.52 bits per heavy atom. The van der Waals surface area contributed by atoms with E-state index in [1.165, 1.54) is 9.13 Å². The molecular formula is C26H25N5O2. The fraction of sp³-hybridized carbons (Fsp3) is 0.192. The Balaban J connectivity index is 1.71. The van der Waals surface area contributed by atoms with E-state index >= 15 is 0 Å². The van der Waals surface area contributed by atoms with Gasteiger partial charge < -0.3 is 0 Å². The first kappa shape index (κ1) is 20.8. The second kappa shape index (κ2) is 7.78. The van der Waals surface area contributed by atoms with Crippen LogP contribution in [0.5, 0.6) is 0 Å². The monoisotopic (exact) mass is 439 g/mol. The molecule has 7 nitrogen and oxygen atoms in total. The Morgan fingerprint density at radius 2 is 1.76 bits per heavy atom. The summed E-state index contributed by atoms with van der Waals surface area (Å²) in [5, 5.41) is 0. The predicted molar refractivity (Wildman–Crippen MR) is 131 cm³/mol. The molecule has 0 amide bonds. The van der Waals surface area contributed by atoms with Gasteiger partial charge in [-0.25, -0.2) is 4.79 Å². The summed E-state index contributed by atoms with van der Waals surface area (Å²) in [4.78, 5) is 31.2. The minimum absolute atomic E-state index is 0.181. The van der Waals surface area contributed by atoms with E-state index in [9.17, 15) is 9.59 Å². The first-order valence-corrected chi connectivity index (χ1v) is 10.9. The van der Waals surface area contributed by atoms with Gasteiger partial charge in [-0.05, 0) is 43.5 Å². The highest BCUT2D eigenvalue weighted by atomic mass is 16.2. The standard InChI is InChI=1S/C26H25N5O2/c1-17-12-13-18(2)21(15-17)31-19(3)16-30-22-23(27-25(30)31)28(4)26(33)29(24(22)32)14-8-11-20-9-6-5-7-10-20/h5-13,15-16H,14H2,1-4H3/b11-8-. The maximum atomic E-state index is 13.4. The SMILES string of the molecule is Cc1ccc(C)c(-n2c(C)cn3c4c(=O)n(C/C=C\c5ccccc5)c(=O)n(C)c4nc23)c1. The Kier molecular flexibility index (Phi) is 4.89. The molecule has 0 saturated heterocycles. The second-order valence-electron chi connectivity index (χ2n) is 8.42. The van der Waals surface area contributed by atoms with E-state index in [0.29, 0.717) is 16.9 Å². The Morgan fingerprint density at radius 1 is 1.00 bits per heavy atom. The summed E-state index contributed by atoms with van der Waals surface area (Å²) in [5.41, 5.74) is 5.25. The van der Waals surface area contributed by atoms with E-state index < -0.39 is 0 Å². The summed E-state index contributed by atoms with van der Waals surface area (Å²) in [6.45, 7) is 6.27. The fourth-order valence-corrected chi connectivity index (χ4v) is 4.29. The third-order valence-electron chi connectivity index (χ3n) is 6.03. The molecule has 0 N–H and O–H groups in total. The van der Waals surface area contributed by atoms with Gasteiger partial charge >= 0.3 is 5.69 Å². The smallest absolute Gasteiger partial charge is 0.283 e. The lowest BCUT2D eigenvalue weighted by Crippen LogP contribution is -2.39. The third-order valence-corrected chi connectivity index (χ3v) is 6.03. The van der Waals surface area contributed by atoms with Gasteiger partial charge in [0.1, 0.15) is 0 Å². The number of aryl methyl sites for hydroxylation is 4. The predicted octanol–water partition coefficient (Wildman–Crippen LogP) is 3.78. The van der Waals surface area contributed by atoms with Crippen molar-refractivity contribution in [2.24, 2.45) is 7.05 Å². The zero-order valence-corrected chi connectivity index (χ0v) is 19.1. The van der Waals surface area contributed by atoms with E-state index in [2.05, 4.69) is 25.1 Å². The molecule has 0 spiro atoms. The first-order chi connectivity index (χ1) is 15.9. The van der Waals surface area contributed by atoms with Crippen LogP contribution in [0.1, 0.15) is 22.4 Å². The highest BCUT2D eigenvalue weighted by molar-refractivity contribution is 5.76. The molecular weight excluding hydrogens is 414 g/mol. The number of benzene rings is 2. The lowest BCUT2D eigenvalue weighted by molar-refractivity contribution is 0.667. The van der Waals surface area contributed by atoms with E-state index in [-0.39, 0.29) is 17.8 Å². The Hall–Kier alpha value is -4.13. The van der Waals surface area contributed by atoms with Gasteiger partial charge in [0.2, 0.25) is 5.78 Å². The molecule has 0 atom stereocenters. The number of rotatable bonds is 4. The first-order valence-electron chi connectivity index (χ1n) is 10.9. The molecule has 2 aromatic carbocycles. The minimum Gasteiger partial charge on any atom is -0.283 e. The summed E-state index contributed by atoms with van der Waals surface area (Å²) in [6.07, 6.45) is 5.64. The lowest BCUT2D eigenvalue weighted by Gasteiger charge is -2.10. The number of fused-ring (bicyclic) bond motifs is 3. The van der Waals surface area contributed by atoms with Gasteiger partial charge in [-0.1, -0.05) is 54.6 Å².